The van der Waals surface area contributed by atoms with E-state index in [9.17, 15) is 22.0 Å². The highest BCUT2D eigenvalue weighted by Gasteiger charge is 2.48. The number of hydrogen-bond donors (Lipinski definition) is 2. The van der Waals surface area contributed by atoms with Gasteiger partial charge in [0, 0.05) is 18.4 Å². The van der Waals surface area contributed by atoms with E-state index in [0.717, 1.165) is 6.26 Å². The molecule has 134 valence electrons. The summed E-state index contributed by atoms with van der Waals surface area (Å²) in [5, 5.41) is 5.58. The quantitative estimate of drug-likeness (QED) is 0.791. The summed E-state index contributed by atoms with van der Waals surface area (Å²) in [6.07, 6.45) is 1.39. The molecule has 2 N–H and O–H groups in total. The van der Waals surface area contributed by atoms with E-state index in [4.69, 9.17) is 0 Å². The van der Waals surface area contributed by atoms with Crippen molar-refractivity contribution in [3.05, 3.63) is 29.8 Å². The molecule has 1 heterocycles. The van der Waals surface area contributed by atoms with Gasteiger partial charge in [-0.05, 0) is 32.0 Å². The second kappa shape index (κ2) is 7.43. The third-order valence-electron chi connectivity index (χ3n) is 4.16. The van der Waals surface area contributed by atoms with Crippen LogP contribution in [0.5, 0.6) is 5.75 Å². The third-order valence-corrected chi connectivity index (χ3v) is 6.18. The lowest BCUT2D eigenvalue weighted by Gasteiger charge is -2.34. The maximum absolute atomic E-state index is 12.6. The monoisotopic (exact) mass is 362 g/mol. The van der Waals surface area contributed by atoms with E-state index in [-0.39, 0.29) is 25.1 Å². The van der Waals surface area contributed by atoms with Gasteiger partial charge in [-0.25, -0.2) is 8.42 Å². The van der Waals surface area contributed by atoms with E-state index in [0.29, 0.717) is 18.7 Å². The molecule has 1 saturated heterocycles. The van der Waals surface area contributed by atoms with Gasteiger partial charge >= 0.3 is 6.61 Å². The van der Waals surface area contributed by atoms with Gasteiger partial charge in [0.15, 0.2) is 14.6 Å². The predicted molar refractivity (Wildman–Crippen MR) is 84.6 cm³/mol. The largest absolute Gasteiger partial charge is 0.434 e. The molecule has 1 aliphatic rings. The van der Waals surface area contributed by atoms with Crippen LogP contribution >= 0.6 is 0 Å². The van der Waals surface area contributed by atoms with Gasteiger partial charge in [0.2, 0.25) is 5.91 Å². The minimum absolute atomic E-state index is 0.0495. The first-order chi connectivity index (χ1) is 11.3. The van der Waals surface area contributed by atoms with E-state index in [1.54, 1.807) is 6.07 Å². The summed E-state index contributed by atoms with van der Waals surface area (Å²) in [4.78, 5) is 12.6. The van der Waals surface area contributed by atoms with Crippen LogP contribution in [0.3, 0.4) is 0 Å². The van der Waals surface area contributed by atoms with Crippen molar-refractivity contribution >= 4 is 15.7 Å². The lowest BCUT2D eigenvalue weighted by atomic mass is 9.95. The summed E-state index contributed by atoms with van der Waals surface area (Å²) in [7, 11) is -3.62. The Morgan fingerprint density at radius 2 is 1.96 bits per heavy atom. The molecule has 6 nitrogen and oxygen atoms in total. The van der Waals surface area contributed by atoms with Gasteiger partial charge in [-0.2, -0.15) is 8.78 Å². The molecule has 0 spiro atoms. The number of piperidine rings is 1. The fraction of sp³-hybridized carbons (Fsp3) is 0.533. The molecule has 0 aromatic heterocycles. The molecule has 1 aromatic carbocycles. The molecule has 0 atom stereocenters. The van der Waals surface area contributed by atoms with Crippen molar-refractivity contribution in [2.24, 2.45) is 0 Å². The van der Waals surface area contributed by atoms with E-state index < -0.39 is 27.1 Å². The highest BCUT2D eigenvalue weighted by Crippen LogP contribution is 2.28. The molecule has 1 aliphatic heterocycles. The number of sulfone groups is 1. The SMILES string of the molecule is CS(=O)(=O)C1(C(=O)NCc2ccccc2OC(F)F)CCNCC1. The fourth-order valence-electron chi connectivity index (χ4n) is 2.79. The minimum atomic E-state index is -3.62. The highest BCUT2D eigenvalue weighted by atomic mass is 32.2. The van der Waals surface area contributed by atoms with Gasteiger partial charge in [-0.3, -0.25) is 4.79 Å². The van der Waals surface area contributed by atoms with E-state index >= 15 is 0 Å². The number of hydrogen-bond acceptors (Lipinski definition) is 5. The van der Waals surface area contributed by atoms with Crippen LogP contribution in [0.4, 0.5) is 8.78 Å². The van der Waals surface area contributed by atoms with Crippen LogP contribution < -0.4 is 15.4 Å². The molecule has 0 unspecified atom stereocenters. The van der Waals surface area contributed by atoms with Gasteiger partial charge in [0.05, 0.1) is 0 Å². The molecule has 0 saturated carbocycles. The Balaban J connectivity index is 2.15. The number of para-hydroxylation sites is 1. The second-order valence-corrected chi connectivity index (χ2v) is 8.01. The van der Waals surface area contributed by atoms with Crippen LogP contribution in [0, 0.1) is 0 Å². The van der Waals surface area contributed by atoms with Crippen molar-refractivity contribution < 1.29 is 26.7 Å². The zero-order valence-corrected chi connectivity index (χ0v) is 14.0. The Morgan fingerprint density at radius 1 is 1.33 bits per heavy atom. The van der Waals surface area contributed by atoms with Crippen molar-refractivity contribution in [3.63, 3.8) is 0 Å². The first-order valence-corrected chi connectivity index (χ1v) is 9.37. The highest BCUT2D eigenvalue weighted by molar-refractivity contribution is 7.92. The molecule has 0 bridgehead atoms. The predicted octanol–water partition coefficient (Wildman–Crippen LogP) is 1.07. The molecule has 0 radical (unpaired) electrons. The average Bonchev–Trinajstić information content (AvgIpc) is 2.53. The van der Waals surface area contributed by atoms with Gasteiger partial charge in [-0.1, -0.05) is 18.2 Å². The standard InChI is InChI=1S/C15H20F2N2O4S/c1-24(21,22)15(6-8-18-9-7-15)13(20)19-10-11-4-2-3-5-12(11)23-14(16)17/h2-5,14,18H,6-10H2,1H3,(H,19,20). The summed E-state index contributed by atoms with van der Waals surface area (Å²) >= 11 is 0. The molecular formula is C15H20F2N2O4S. The van der Waals surface area contributed by atoms with Crippen LogP contribution in [0.25, 0.3) is 0 Å². The van der Waals surface area contributed by atoms with E-state index in [2.05, 4.69) is 15.4 Å². The van der Waals surface area contributed by atoms with Gasteiger partial charge in [-0.15, -0.1) is 0 Å². The first kappa shape index (κ1) is 18.6. The van der Waals surface area contributed by atoms with Crippen LogP contribution in [-0.4, -0.2) is 45.0 Å². The van der Waals surface area contributed by atoms with Crippen molar-refractivity contribution in [1.29, 1.82) is 0 Å². The molecule has 2 rings (SSSR count). The molecule has 0 aliphatic carbocycles. The number of halogens is 2. The number of rotatable bonds is 6. The number of carbonyl (C=O) groups excluding carboxylic acids is 1. The van der Waals surface area contributed by atoms with Crippen molar-refractivity contribution in [3.8, 4) is 5.75 Å². The summed E-state index contributed by atoms with van der Waals surface area (Å²) in [5.74, 6) is -0.662. The zero-order chi connectivity index (χ0) is 17.8. The van der Waals surface area contributed by atoms with E-state index in [1.807, 2.05) is 0 Å². The Kier molecular flexibility index (Phi) is 5.76. The smallest absolute Gasteiger partial charge is 0.387 e. The number of carbonyl (C=O) groups is 1. The molecular weight excluding hydrogens is 342 g/mol. The lowest BCUT2D eigenvalue weighted by molar-refractivity contribution is -0.124. The molecule has 24 heavy (non-hydrogen) atoms. The van der Waals surface area contributed by atoms with Gasteiger partial charge in [0.1, 0.15) is 5.75 Å². The fourth-order valence-corrected chi connectivity index (χ4v) is 4.15. The van der Waals surface area contributed by atoms with Crippen molar-refractivity contribution in [2.75, 3.05) is 19.3 Å². The first-order valence-electron chi connectivity index (χ1n) is 7.47. The zero-order valence-electron chi connectivity index (χ0n) is 13.2. The third kappa shape index (κ3) is 4.02. The van der Waals surface area contributed by atoms with Gasteiger partial charge < -0.3 is 15.4 Å². The summed E-state index contributed by atoms with van der Waals surface area (Å²) < 4.78 is 52.1. The van der Waals surface area contributed by atoms with Crippen LogP contribution in [0.2, 0.25) is 0 Å². The van der Waals surface area contributed by atoms with Crippen LogP contribution in [0.15, 0.2) is 24.3 Å². The normalized spacial score (nSPS) is 17.5. The summed E-state index contributed by atoms with van der Waals surface area (Å²) in [6, 6.07) is 6.06. The maximum Gasteiger partial charge on any atom is 0.387 e. The topological polar surface area (TPSA) is 84.5 Å². The van der Waals surface area contributed by atoms with Gasteiger partial charge in [0.25, 0.3) is 0 Å². The second-order valence-electron chi connectivity index (χ2n) is 5.69. The van der Waals surface area contributed by atoms with Crippen LogP contribution in [0.1, 0.15) is 18.4 Å². The Hall–Kier alpha value is -1.74. The number of nitrogens with one attached hydrogen (secondary N) is 2. The maximum atomic E-state index is 12.6. The van der Waals surface area contributed by atoms with Crippen molar-refractivity contribution in [1.82, 2.24) is 10.6 Å². The van der Waals surface area contributed by atoms with Crippen molar-refractivity contribution in [2.45, 2.75) is 30.7 Å². The average molecular weight is 362 g/mol. The number of alkyl halides is 2. The lowest BCUT2D eigenvalue weighted by Crippen LogP contribution is -2.57. The number of amides is 1. The molecule has 1 fully saturated rings. The minimum Gasteiger partial charge on any atom is -0.434 e. The Labute approximate surface area is 139 Å². The summed E-state index contributed by atoms with van der Waals surface area (Å²) in [5.41, 5.74) is 0.351. The number of ether oxygens (including phenoxy) is 1. The van der Waals surface area contributed by atoms with E-state index in [1.165, 1.54) is 18.2 Å². The Morgan fingerprint density at radius 3 is 2.54 bits per heavy atom. The Bertz CT molecular complexity index is 688. The number of benzene rings is 1. The van der Waals surface area contributed by atoms with Crippen LogP contribution in [-0.2, 0) is 21.2 Å². The summed E-state index contributed by atoms with van der Waals surface area (Å²) in [6.45, 7) is -2.22. The molecule has 1 aromatic rings. The molecule has 9 heteroatoms. The molecule has 1 amide bonds.